The van der Waals surface area contributed by atoms with Gasteiger partial charge in [-0.2, -0.15) is 13.2 Å². The number of benzene rings is 1. The third kappa shape index (κ3) is 3.25. The van der Waals surface area contributed by atoms with E-state index in [0.29, 0.717) is 13.1 Å². The lowest BCUT2D eigenvalue weighted by Gasteiger charge is -2.08. The quantitative estimate of drug-likeness (QED) is 0.796. The molecule has 110 valence electrons. The zero-order chi connectivity index (χ0) is 14.9. The van der Waals surface area contributed by atoms with Crippen LogP contribution in [0.1, 0.15) is 16.8 Å². The van der Waals surface area contributed by atoms with E-state index in [1.807, 2.05) is 22.2 Å². The van der Waals surface area contributed by atoms with Gasteiger partial charge in [0.1, 0.15) is 0 Å². The second kappa shape index (κ2) is 5.50. The molecule has 2 heterocycles. The lowest BCUT2D eigenvalue weighted by atomic mass is 10.1. The van der Waals surface area contributed by atoms with Crippen molar-refractivity contribution in [2.24, 2.45) is 0 Å². The summed E-state index contributed by atoms with van der Waals surface area (Å²) >= 11 is 1.56. The lowest BCUT2D eigenvalue weighted by molar-refractivity contribution is -0.137. The van der Waals surface area contributed by atoms with Crippen LogP contribution in [0.3, 0.4) is 0 Å². The van der Waals surface area contributed by atoms with Crippen molar-refractivity contribution in [1.82, 2.24) is 14.7 Å². The fourth-order valence-electron chi connectivity index (χ4n) is 2.01. The fraction of sp³-hybridized carbons (Fsp3) is 0.214. The first kappa shape index (κ1) is 14.1. The lowest BCUT2D eigenvalue weighted by Crippen LogP contribution is -2.13. The molecule has 0 aliphatic rings. The maximum absolute atomic E-state index is 12.4. The molecule has 3 aromatic rings. The Hall–Kier alpha value is -1.86. The molecule has 0 fully saturated rings. The molecule has 0 radical (unpaired) electrons. The molecule has 7 heteroatoms. The van der Waals surface area contributed by atoms with Crippen LogP contribution < -0.4 is 5.32 Å². The largest absolute Gasteiger partial charge is 0.416 e. The summed E-state index contributed by atoms with van der Waals surface area (Å²) in [7, 11) is 0. The van der Waals surface area contributed by atoms with Gasteiger partial charge in [-0.05, 0) is 17.7 Å². The van der Waals surface area contributed by atoms with Crippen LogP contribution in [0.4, 0.5) is 13.2 Å². The Balaban J connectivity index is 1.56. The minimum Gasteiger partial charge on any atom is -0.307 e. The Morgan fingerprint density at radius 1 is 1.14 bits per heavy atom. The Morgan fingerprint density at radius 2 is 1.90 bits per heavy atom. The highest BCUT2D eigenvalue weighted by Crippen LogP contribution is 2.29. The summed E-state index contributed by atoms with van der Waals surface area (Å²) in [6.45, 7) is 1.08. The number of imidazole rings is 1. The second-order valence-electron chi connectivity index (χ2n) is 4.62. The van der Waals surface area contributed by atoms with Crippen LogP contribution in [0.2, 0.25) is 0 Å². The van der Waals surface area contributed by atoms with Gasteiger partial charge in [-0.15, -0.1) is 11.3 Å². The number of hydrogen-bond acceptors (Lipinski definition) is 3. The van der Waals surface area contributed by atoms with Gasteiger partial charge in [0, 0.05) is 30.9 Å². The maximum Gasteiger partial charge on any atom is 0.416 e. The zero-order valence-electron chi connectivity index (χ0n) is 10.9. The molecular formula is C14H12F3N3S. The maximum atomic E-state index is 12.4. The number of fused-ring (bicyclic) bond motifs is 1. The molecule has 0 aliphatic carbocycles. The Labute approximate surface area is 123 Å². The van der Waals surface area contributed by atoms with Gasteiger partial charge in [-0.1, -0.05) is 12.1 Å². The Bertz CT molecular complexity index is 699. The molecule has 0 amide bonds. The molecule has 0 atom stereocenters. The molecule has 0 saturated heterocycles. The molecule has 21 heavy (non-hydrogen) atoms. The number of hydrogen-bond donors (Lipinski definition) is 1. The normalized spacial score (nSPS) is 12.1. The molecule has 1 aromatic carbocycles. The van der Waals surface area contributed by atoms with E-state index in [4.69, 9.17) is 0 Å². The van der Waals surface area contributed by atoms with Gasteiger partial charge in [0.15, 0.2) is 4.96 Å². The average molecular weight is 311 g/mol. The molecule has 2 aromatic heterocycles. The van der Waals surface area contributed by atoms with Crippen molar-refractivity contribution in [3.05, 3.63) is 58.9 Å². The van der Waals surface area contributed by atoms with Crippen molar-refractivity contribution >= 4 is 16.3 Å². The number of nitrogens with zero attached hydrogens (tertiary/aromatic N) is 2. The first-order chi connectivity index (χ1) is 10.0. The van der Waals surface area contributed by atoms with Crippen molar-refractivity contribution in [3.8, 4) is 0 Å². The van der Waals surface area contributed by atoms with Gasteiger partial charge in [-0.25, -0.2) is 4.98 Å². The third-order valence-corrected chi connectivity index (χ3v) is 3.83. The van der Waals surface area contributed by atoms with E-state index in [2.05, 4.69) is 10.3 Å². The van der Waals surface area contributed by atoms with Crippen LogP contribution in [-0.4, -0.2) is 9.38 Å². The molecular weight excluding hydrogens is 299 g/mol. The van der Waals surface area contributed by atoms with Crippen molar-refractivity contribution in [1.29, 1.82) is 0 Å². The molecule has 0 spiro atoms. The van der Waals surface area contributed by atoms with Gasteiger partial charge in [0.25, 0.3) is 0 Å². The molecule has 1 N–H and O–H groups in total. The van der Waals surface area contributed by atoms with E-state index in [-0.39, 0.29) is 0 Å². The van der Waals surface area contributed by atoms with Crippen molar-refractivity contribution in [2.75, 3.05) is 0 Å². The Morgan fingerprint density at radius 3 is 2.57 bits per heavy atom. The summed E-state index contributed by atoms with van der Waals surface area (Å²) in [4.78, 5) is 5.35. The number of rotatable bonds is 4. The number of aromatic nitrogens is 2. The van der Waals surface area contributed by atoms with Gasteiger partial charge < -0.3 is 5.32 Å². The molecule has 3 nitrogen and oxygen atoms in total. The molecule has 0 unspecified atom stereocenters. The van der Waals surface area contributed by atoms with Gasteiger partial charge in [-0.3, -0.25) is 4.40 Å². The van der Waals surface area contributed by atoms with Crippen LogP contribution in [0, 0.1) is 0 Å². The number of alkyl halides is 3. The van der Waals surface area contributed by atoms with E-state index >= 15 is 0 Å². The van der Waals surface area contributed by atoms with Crippen molar-refractivity contribution < 1.29 is 13.2 Å². The highest BCUT2D eigenvalue weighted by atomic mass is 32.1. The van der Waals surface area contributed by atoms with Gasteiger partial charge in [0.2, 0.25) is 0 Å². The minimum atomic E-state index is -4.28. The Kier molecular flexibility index (Phi) is 3.69. The van der Waals surface area contributed by atoms with Crippen LogP contribution in [0.5, 0.6) is 0 Å². The van der Waals surface area contributed by atoms with E-state index in [9.17, 15) is 13.2 Å². The first-order valence-electron chi connectivity index (χ1n) is 6.30. The van der Waals surface area contributed by atoms with Gasteiger partial charge >= 0.3 is 6.18 Å². The number of halogens is 3. The average Bonchev–Trinajstić information content (AvgIpc) is 2.99. The molecule has 0 bridgehead atoms. The van der Waals surface area contributed by atoms with E-state index in [1.165, 1.54) is 12.1 Å². The van der Waals surface area contributed by atoms with E-state index < -0.39 is 11.7 Å². The molecule has 3 rings (SSSR count). The number of thiazole rings is 1. The van der Waals surface area contributed by atoms with Crippen molar-refractivity contribution in [3.63, 3.8) is 0 Å². The summed E-state index contributed by atoms with van der Waals surface area (Å²) in [5.74, 6) is 0. The topological polar surface area (TPSA) is 29.3 Å². The van der Waals surface area contributed by atoms with E-state index in [0.717, 1.165) is 28.4 Å². The van der Waals surface area contributed by atoms with E-state index in [1.54, 1.807) is 11.3 Å². The predicted octanol–water partition coefficient (Wildman–Crippen LogP) is 3.70. The molecule has 0 aliphatic heterocycles. The summed E-state index contributed by atoms with van der Waals surface area (Å²) in [6.07, 6.45) is -0.411. The molecule has 0 saturated carbocycles. The fourth-order valence-corrected chi connectivity index (χ4v) is 2.73. The van der Waals surface area contributed by atoms with Crippen molar-refractivity contribution in [2.45, 2.75) is 19.3 Å². The number of nitrogens with one attached hydrogen (secondary N) is 1. The van der Waals surface area contributed by atoms with Gasteiger partial charge in [0.05, 0.1) is 11.3 Å². The van der Waals surface area contributed by atoms with Crippen LogP contribution in [-0.2, 0) is 19.3 Å². The van der Waals surface area contributed by atoms with Crippen LogP contribution >= 0.6 is 11.3 Å². The highest BCUT2D eigenvalue weighted by Gasteiger charge is 2.29. The first-order valence-corrected chi connectivity index (χ1v) is 7.18. The predicted molar refractivity (Wildman–Crippen MR) is 75.1 cm³/mol. The highest BCUT2D eigenvalue weighted by molar-refractivity contribution is 7.15. The summed E-state index contributed by atoms with van der Waals surface area (Å²) in [6, 6.07) is 5.18. The second-order valence-corrected chi connectivity index (χ2v) is 5.50. The summed E-state index contributed by atoms with van der Waals surface area (Å²) in [5, 5.41) is 5.13. The van der Waals surface area contributed by atoms with Crippen LogP contribution in [0.25, 0.3) is 4.96 Å². The monoisotopic (exact) mass is 311 g/mol. The zero-order valence-corrected chi connectivity index (χ0v) is 11.7. The smallest absolute Gasteiger partial charge is 0.307 e. The minimum absolute atomic E-state index is 0.503. The standard InChI is InChI=1S/C14H12F3N3S/c15-14(16,17)11-3-1-10(2-4-11)7-18-8-12-9-20-5-6-21-13(20)19-12/h1-6,9,18H,7-8H2. The summed E-state index contributed by atoms with van der Waals surface area (Å²) < 4.78 is 39.3. The SMILES string of the molecule is FC(F)(F)c1ccc(CNCc2cn3ccsc3n2)cc1. The summed E-state index contributed by atoms with van der Waals surface area (Å²) in [5.41, 5.74) is 1.10. The third-order valence-electron chi connectivity index (χ3n) is 3.06. The van der Waals surface area contributed by atoms with Crippen LogP contribution in [0.15, 0.2) is 42.0 Å².